The molecule has 3 aliphatic rings. The van der Waals surface area contributed by atoms with E-state index in [1.807, 2.05) is 4.90 Å². The summed E-state index contributed by atoms with van der Waals surface area (Å²) in [5.74, 6) is 1.21. The molecule has 0 spiro atoms. The third-order valence-electron chi connectivity index (χ3n) is 10.5. The Morgan fingerprint density at radius 2 is 1.57 bits per heavy atom. The number of nitrogens with zero attached hydrogens (tertiary/aromatic N) is 5. The lowest BCUT2D eigenvalue weighted by molar-refractivity contribution is 0.0607. The molecular formula is C36H39N5O. The molecule has 2 bridgehead atoms. The lowest BCUT2D eigenvalue weighted by Gasteiger charge is -2.45. The number of carbonyl (C=O) groups is 1. The van der Waals surface area contributed by atoms with Gasteiger partial charge in [-0.3, -0.25) is 9.69 Å². The van der Waals surface area contributed by atoms with Gasteiger partial charge in [-0.2, -0.15) is 5.26 Å². The van der Waals surface area contributed by atoms with E-state index in [9.17, 15) is 4.79 Å². The first-order valence-electron chi connectivity index (χ1n) is 15.6. The summed E-state index contributed by atoms with van der Waals surface area (Å²) >= 11 is 0. The normalized spacial score (nSPS) is 23.6. The van der Waals surface area contributed by atoms with E-state index in [1.165, 1.54) is 36.8 Å². The highest BCUT2D eigenvalue weighted by Gasteiger charge is 2.44. The number of likely N-dealkylation sites (tertiary alicyclic amines) is 1. The summed E-state index contributed by atoms with van der Waals surface area (Å²) in [7, 11) is 0. The highest BCUT2D eigenvalue weighted by atomic mass is 16.2. The van der Waals surface area contributed by atoms with Crippen molar-refractivity contribution in [2.75, 3.05) is 19.6 Å². The molecule has 3 saturated heterocycles. The minimum absolute atomic E-state index is 0.0728. The minimum Gasteiger partial charge on any atom is -0.339 e. The number of benzene rings is 3. The van der Waals surface area contributed by atoms with E-state index in [-0.39, 0.29) is 11.3 Å². The zero-order valence-corrected chi connectivity index (χ0v) is 24.5. The number of carbonyl (C=O) groups excluding carboxylic acids is 1. The van der Waals surface area contributed by atoms with E-state index in [2.05, 4.69) is 77.1 Å². The number of hydrogen-bond donors (Lipinski definition) is 0. The van der Waals surface area contributed by atoms with E-state index in [0.717, 1.165) is 50.2 Å². The van der Waals surface area contributed by atoms with Crippen LogP contribution in [-0.2, 0) is 5.41 Å². The average molecular weight is 558 g/mol. The predicted molar refractivity (Wildman–Crippen MR) is 165 cm³/mol. The molecular weight excluding hydrogens is 518 g/mol. The van der Waals surface area contributed by atoms with Crippen molar-refractivity contribution in [3.8, 4) is 6.07 Å². The van der Waals surface area contributed by atoms with Gasteiger partial charge in [0.2, 0.25) is 0 Å². The number of aryl methyl sites for hydroxylation is 1. The van der Waals surface area contributed by atoms with Crippen LogP contribution in [0.3, 0.4) is 0 Å². The van der Waals surface area contributed by atoms with Crippen LogP contribution in [0.4, 0.5) is 0 Å². The topological polar surface area (TPSA) is 65.2 Å². The van der Waals surface area contributed by atoms with Gasteiger partial charge in [-0.05, 0) is 106 Å². The Labute approximate surface area is 248 Å². The molecule has 2 unspecified atom stereocenters. The molecule has 42 heavy (non-hydrogen) atoms. The van der Waals surface area contributed by atoms with Crippen LogP contribution in [0, 0.1) is 18.3 Å². The fourth-order valence-electron chi connectivity index (χ4n) is 8.27. The van der Waals surface area contributed by atoms with Crippen LogP contribution in [0.5, 0.6) is 0 Å². The molecule has 3 aliphatic heterocycles. The summed E-state index contributed by atoms with van der Waals surface area (Å²) in [6.45, 7) is 4.80. The molecule has 0 aliphatic carbocycles. The summed E-state index contributed by atoms with van der Waals surface area (Å²) in [6, 6.07) is 30.6. The Hall–Kier alpha value is -3.95. The first-order valence-corrected chi connectivity index (χ1v) is 15.6. The average Bonchev–Trinajstić information content (AvgIpc) is 3.50. The zero-order valence-electron chi connectivity index (χ0n) is 24.5. The number of rotatable bonds is 6. The number of hydrogen-bond acceptors (Lipinski definition) is 4. The fourth-order valence-corrected chi connectivity index (χ4v) is 8.27. The summed E-state index contributed by atoms with van der Waals surface area (Å²) in [6.07, 6.45) is 8.05. The van der Waals surface area contributed by atoms with Gasteiger partial charge in [0.25, 0.3) is 5.91 Å². The largest absolute Gasteiger partial charge is 0.339 e. The van der Waals surface area contributed by atoms with Crippen LogP contribution in [0.15, 0.2) is 78.9 Å². The predicted octanol–water partition coefficient (Wildman–Crippen LogP) is 6.65. The van der Waals surface area contributed by atoms with Gasteiger partial charge < -0.3 is 9.47 Å². The second kappa shape index (κ2) is 11.0. The van der Waals surface area contributed by atoms with Crippen molar-refractivity contribution in [3.05, 3.63) is 101 Å². The van der Waals surface area contributed by atoms with Crippen molar-refractivity contribution >= 4 is 16.9 Å². The maximum Gasteiger partial charge on any atom is 0.253 e. The maximum absolute atomic E-state index is 13.3. The van der Waals surface area contributed by atoms with E-state index in [1.54, 1.807) is 24.3 Å². The van der Waals surface area contributed by atoms with Crippen molar-refractivity contribution < 1.29 is 4.79 Å². The molecule has 6 heteroatoms. The molecule has 0 saturated carbocycles. The Morgan fingerprint density at radius 3 is 2.26 bits per heavy atom. The molecule has 214 valence electrons. The summed E-state index contributed by atoms with van der Waals surface area (Å²) < 4.78 is 2.52. The monoisotopic (exact) mass is 557 g/mol. The van der Waals surface area contributed by atoms with E-state index < -0.39 is 0 Å². The molecule has 1 aromatic heterocycles. The maximum atomic E-state index is 13.3. The van der Waals surface area contributed by atoms with Crippen molar-refractivity contribution in [1.82, 2.24) is 19.4 Å². The quantitative estimate of drug-likeness (QED) is 0.266. The number of nitriles is 1. The van der Waals surface area contributed by atoms with Gasteiger partial charge in [-0.15, -0.1) is 0 Å². The highest BCUT2D eigenvalue weighted by Crippen LogP contribution is 2.45. The Kier molecular flexibility index (Phi) is 7.07. The smallest absolute Gasteiger partial charge is 0.253 e. The van der Waals surface area contributed by atoms with Crippen LogP contribution in [0.1, 0.15) is 78.3 Å². The van der Waals surface area contributed by atoms with Crippen molar-refractivity contribution in [2.24, 2.45) is 0 Å². The summed E-state index contributed by atoms with van der Waals surface area (Å²) in [4.78, 5) is 23.0. The first-order chi connectivity index (χ1) is 20.5. The fraction of sp³-hybridized carbons (Fsp3) is 0.417. The van der Waals surface area contributed by atoms with Gasteiger partial charge in [0.15, 0.2) is 0 Å². The van der Waals surface area contributed by atoms with Gasteiger partial charge >= 0.3 is 0 Å². The second-order valence-electron chi connectivity index (χ2n) is 12.6. The third kappa shape index (κ3) is 4.80. The minimum atomic E-state index is 0.0728. The molecule has 6 nitrogen and oxygen atoms in total. The number of para-hydroxylation sites is 2. The van der Waals surface area contributed by atoms with Crippen LogP contribution >= 0.6 is 0 Å². The van der Waals surface area contributed by atoms with E-state index in [0.29, 0.717) is 29.3 Å². The molecule has 3 aromatic carbocycles. The number of imidazole rings is 1. The van der Waals surface area contributed by atoms with Crippen LogP contribution in [0.2, 0.25) is 0 Å². The van der Waals surface area contributed by atoms with Crippen molar-refractivity contribution in [3.63, 3.8) is 0 Å². The summed E-state index contributed by atoms with van der Waals surface area (Å²) in [5, 5.41) is 9.12. The molecule has 4 aromatic rings. The summed E-state index contributed by atoms with van der Waals surface area (Å²) in [5.41, 5.74) is 5.13. The zero-order chi connectivity index (χ0) is 28.7. The molecule has 2 atom stereocenters. The van der Waals surface area contributed by atoms with Gasteiger partial charge in [0, 0.05) is 36.8 Å². The molecule has 4 heterocycles. The second-order valence-corrected chi connectivity index (χ2v) is 12.6. The molecule has 0 radical (unpaired) electrons. The van der Waals surface area contributed by atoms with Gasteiger partial charge in [0.1, 0.15) is 5.82 Å². The third-order valence-corrected chi connectivity index (χ3v) is 10.5. The van der Waals surface area contributed by atoms with Crippen LogP contribution in [0.25, 0.3) is 11.0 Å². The van der Waals surface area contributed by atoms with Crippen molar-refractivity contribution in [2.45, 2.75) is 75.4 Å². The Balaban J connectivity index is 1.05. The Morgan fingerprint density at radius 1 is 0.905 bits per heavy atom. The van der Waals surface area contributed by atoms with Crippen molar-refractivity contribution in [1.29, 1.82) is 5.26 Å². The van der Waals surface area contributed by atoms with Gasteiger partial charge in [-0.25, -0.2) is 4.98 Å². The number of aromatic nitrogens is 2. The van der Waals surface area contributed by atoms with Gasteiger partial charge in [0.05, 0.1) is 22.7 Å². The lowest BCUT2D eigenvalue weighted by Crippen LogP contribution is -2.49. The first kappa shape index (κ1) is 26.9. The number of fused-ring (bicyclic) bond motifs is 3. The number of amides is 1. The lowest BCUT2D eigenvalue weighted by atomic mass is 9.70. The molecule has 1 amide bonds. The SMILES string of the molecule is Cc1nc2ccccc2n1C1CC2CCC(C1)N2CCC1(c2ccccc2)CCN(C(=O)c2ccc(C#N)cc2)CC1. The van der Waals surface area contributed by atoms with Crippen LogP contribution < -0.4 is 0 Å². The van der Waals surface area contributed by atoms with Crippen LogP contribution in [-0.4, -0.2) is 57.0 Å². The van der Waals surface area contributed by atoms with Gasteiger partial charge in [-0.1, -0.05) is 42.5 Å². The van der Waals surface area contributed by atoms with E-state index in [4.69, 9.17) is 10.2 Å². The molecule has 3 fully saturated rings. The standard InChI is InChI=1S/C36H39N5O/c1-26-38-33-9-5-6-10-34(33)41(26)32-23-30-15-16-31(24-32)40(30)22-19-36(29-7-3-2-4-8-29)17-20-39(21-18-36)35(42)28-13-11-27(25-37)12-14-28/h2-14,30-32H,15-24H2,1H3. The highest BCUT2D eigenvalue weighted by molar-refractivity contribution is 5.94. The molecule has 0 N–H and O–H groups in total. The van der Waals surface area contributed by atoms with E-state index >= 15 is 0 Å². The molecule has 7 rings (SSSR count). The number of piperidine rings is 2. The Bertz CT molecular complexity index is 1600.